The molecule has 0 aliphatic heterocycles. The zero-order valence-electron chi connectivity index (χ0n) is 28.8. The average molecular weight is 626 g/mol. The Labute approximate surface area is 279 Å². The van der Waals surface area contributed by atoms with Crippen molar-refractivity contribution in [2.75, 3.05) is 6.61 Å². The number of benzene rings is 5. The zero-order chi connectivity index (χ0) is 33.7. The molecule has 0 bridgehead atoms. The van der Waals surface area contributed by atoms with Gasteiger partial charge in [-0.2, -0.15) is 0 Å². The summed E-state index contributed by atoms with van der Waals surface area (Å²) in [6.45, 7) is 16.6. The van der Waals surface area contributed by atoms with Gasteiger partial charge in [0.15, 0.2) is 5.78 Å². The molecule has 0 saturated heterocycles. The molecule has 1 heterocycles. The molecule has 1 aromatic heterocycles. The smallest absolute Gasteiger partial charge is 0.196 e. The van der Waals surface area contributed by atoms with Crippen LogP contribution in [-0.4, -0.2) is 23.7 Å². The summed E-state index contributed by atoms with van der Waals surface area (Å²) < 4.78 is 8.40. The summed E-state index contributed by atoms with van der Waals surface area (Å²) in [5, 5.41) is 4.87. The van der Waals surface area contributed by atoms with Crippen molar-refractivity contribution in [3.8, 4) is 16.9 Å². The van der Waals surface area contributed by atoms with Crippen LogP contribution in [0.25, 0.3) is 43.7 Å². The van der Waals surface area contributed by atoms with Crippen LogP contribution in [0.1, 0.15) is 79.1 Å². The van der Waals surface area contributed by atoms with Gasteiger partial charge in [0.2, 0.25) is 0 Å². The van der Waals surface area contributed by atoms with Crippen LogP contribution in [0.2, 0.25) is 0 Å². The Bertz CT molecular complexity index is 2030. The van der Waals surface area contributed by atoms with E-state index in [1.165, 1.54) is 74.3 Å². The second-order valence-corrected chi connectivity index (χ2v) is 12.7. The van der Waals surface area contributed by atoms with E-state index in [0.29, 0.717) is 29.4 Å². The number of ketones is 1. The fraction of sp³-hybridized carbons (Fsp3) is 0.302. The number of aryl methyl sites for hydroxylation is 3. The Hall–Kier alpha value is -4.70. The van der Waals surface area contributed by atoms with E-state index in [2.05, 4.69) is 93.8 Å². The molecule has 242 valence electrons. The largest absolute Gasteiger partial charge is 0.493 e. The van der Waals surface area contributed by atoms with Gasteiger partial charge in [-0.05, 0) is 104 Å². The molecule has 4 heteroatoms. The third kappa shape index (κ3) is 6.47. The summed E-state index contributed by atoms with van der Waals surface area (Å²) in [5.41, 5.74) is 10.1. The van der Waals surface area contributed by atoms with E-state index in [1.54, 1.807) is 0 Å². The van der Waals surface area contributed by atoms with Crippen molar-refractivity contribution in [2.45, 2.75) is 73.8 Å². The van der Waals surface area contributed by atoms with Crippen molar-refractivity contribution in [1.82, 2.24) is 4.57 Å². The molecule has 0 spiro atoms. The number of unbranched alkanes of at least 4 members (excludes halogenated alkanes) is 1. The Morgan fingerprint density at radius 2 is 1.47 bits per heavy atom. The second kappa shape index (κ2) is 14.8. The minimum Gasteiger partial charge on any atom is -0.493 e. The molecule has 1 atom stereocenters. The number of rotatable bonds is 11. The molecule has 0 fully saturated rings. The predicted octanol–water partition coefficient (Wildman–Crippen LogP) is 11.2. The first-order valence-electron chi connectivity index (χ1n) is 17.0. The summed E-state index contributed by atoms with van der Waals surface area (Å²) in [4.78, 5) is 22.0. The standard InChI is InChI=1S/C42H45NO2.CH2O/c1-7-10-15-30(8-2)26-43-38-21-20-31(42(44)34-18-13-14-19-39(34)45-9-3)24-35(38)37-25-36(32-16-11-12-17-33(32)41(37)43)40-28(5)22-27(4)23-29(40)6;1-2/h11-14,16-25,30H,7-10,15,26H2,1-6H3;1H2. The van der Waals surface area contributed by atoms with Crippen LogP contribution in [-0.2, 0) is 11.3 Å². The Kier molecular flexibility index (Phi) is 10.6. The molecule has 4 nitrogen and oxygen atoms in total. The van der Waals surface area contributed by atoms with E-state index in [4.69, 9.17) is 9.53 Å². The molecule has 0 aliphatic carbocycles. The fourth-order valence-corrected chi connectivity index (χ4v) is 7.37. The number of ether oxygens (including phenoxy) is 1. The molecule has 0 aliphatic rings. The maximum Gasteiger partial charge on any atom is 0.196 e. The van der Waals surface area contributed by atoms with Crippen molar-refractivity contribution in [1.29, 1.82) is 0 Å². The molecule has 0 radical (unpaired) electrons. The van der Waals surface area contributed by atoms with E-state index < -0.39 is 0 Å². The summed E-state index contributed by atoms with van der Waals surface area (Å²) in [5.74, 6) is 1.21. The Morgan fingerprint density at radius 3 is 2.15 bits per heavy atom. The van der Waals surface area contributed by atoms with Crippen molar-refractivity contribution >= 4 is 45.2 Å². The van der Waals surface area contributed by atoms with Gasteiger partial charge < -0.3 is 14.1 Å². The third-order valence-electron chi connectivity index (χ3n) is 9.49. The summed E-state index contributed by atoms with van der Waals surface area (Å²) in [7, 11) is 0. The molecule has 6 aromatic rings. The monoisotopic (exact) mass is 625 g/mol. The van der Waals surface area contributed by atoms with Gasteiger partial charge in [-0.15, -0.1) is 0 Å². The maximum atomic E-state index is 14.0. The number of aromatic nitrogens is 1. The molecule has 6 rings (SSSR count). The van der Waals surface area contributed by atoms with E-state index in [9.17, 15) is 4.79 Å². The summed E-state index contributed by atoms with van der Waals surface area (Å²) >= 11 is 0. The molecule has 0 saturated carbocycles. The van der Waals surface area contributed by atoms with Crippen molar-refractivity contribution in [3.05, 3.63) is 113 Å². The number of para-hydroxylation sites is 1. The lowest BCUT2D eigenvalue weighted by Gasteiger charge is -2.19. The van der Waals surface area contributed by atoms with Crippen LogP contribution >= 0.6 is 0 Å². The van der Waals surface area contributed by atoms with Crippen LogP contribution in [0.15, 0.2) is 84.9 Å². The van der Waals surface area contributed by atoms with E-state index in [0.717, 1.165) is 18.4 Å². The first-order valence-corrected chi connectivity index (χ1v) is 17.0. The van der Waals surface area contributed by atoms with Gasteiger partial charge in [0.25, 0.3) is 0 Å². The minimum absolute atomic E-state index is 0.0116. The number of carbonyl (C=O) groups excluding carboxylic acids is 2. The molecule has 1 unspecified atom stereocenters. The quantitative estimate of drug-likeness (QED) is 0.135. The topological polar surface area (TPSA) is 48.3 Å². The summed E-state index contributed by atoms with van der Waals surface area (Å²) in [6, 6.07) is 29.7. The maximum absolute atomic E-state index is 14.0. The van der Waals surface area contributed by atoms with Gasteiger partial charge in [0, 0.05) is 33.8 Å². The highest BCUT2D eigenvalue weighted by Gasteiger charge is 2.22. The van der Waals surface area contributed by atoms with Gasteiger partial charge in [0.1, 0.15) is 12.5 Å². The molecule has 0 N–H and O–H groups in total. The Morgan fingerprint density at radius 1 is 0.787 bits per heavy atom. The molecular formula is C43H47NO3. The highest BCUT2D eigenvalue weighted by molar-refractivity contribution is 6.23. The van der Waals surface area contributed by atoms with E-state index in [-0.39, 0.29) is 5.78 Å². The van der Waals surface area contributed by atoms with Gasteiger partial charge in [-0.25, -0.2) is 0 Å². The Balaban J connectivity index is 0.00000213. The lowest BCUT2D eigenvalue weighted by molar-refractivity contribution is -0.0980. The minimum atomic E-state index is -0.0116. The lowest BCUT2D eigenvalue weighted by atomic mass is 9.89. The fourth-order valence-electron chi connectivity index (χ4n) is 7.37. The van der Waals surface area contributed by atoms with Crippen LogP contribution in [0, 0.1) is 26.7 Å². The highest BCUT2D eigenvalue weighted by atomic mass is 16.5. The molecule has 47 heavy (non-hydrogen) atoms. The van der Waals surface area contributed by atoms with Crippen LogP contribution in [0.4, 0.5) is 0 Å². The number of nitrogens with zero attached hydrogens (tertiary/aromatic N) is 1. The number of carbonyl (C=O) groups is 2. The van der Waals surface area contributed by atoms with E-state index >= 15 is 0 Å². The van der Waals surface area contributed by atoms with Gasteiger partial charge >= 0.3 is 0 Å². The predicted molar refractivity (Wildman–Crippen MR) is 198 cm³/mol. The lowest BCUT2D eigenvalue weighted by Crippen LogP contribution is -2.10. The van der Waals surface area contributed by atoms with Gasteiger partial charge in [-0.3, -0.25) is 4.79 Å². The van der Waals surface area contributed by atoms with Crippen LogP contribution < -0.4 is 4.74 Å². The molecule has 0 amide bonds. The molecular weight excluding hydrogens is 578 g/mol. The van der Waals surface area contributed by atoms with Crippen LogP contribution in [0.3, 0.4) is 0 Å². The normalized spacial score (nSPS) is 11.9. The highest BCUT2D eigenvalue weighted by Crippen LogP contribution is 2.43. The molecule has 5 aromatic carbocycles. The van der Waals surface area contributed by atoms with Gasteiger partial charge in [-0.1, -0.05) is 87.2 Å². The van der Waals surface area contributed by atoms with Crippen molar-refractivity contribution < 1.29 is 14.3 Å². The second-order valence-electron chi connectivity index (χ2n) is 12.7. The van der Waals surface area contributed by atoms with E-state index in [1.807, 2.05) is 44.0 Å². The average Bonchev–Trinajstić information content (AvgIpc) is 3.39. The summed E-state index contributed by atoms with van der Waals surface area (Å²) in [6.07, 6.45) is 4.81. The SMILES string of the molecule is C=O.CCCCC(CC)Cn1c2ccc(C(=O)c3ccccc3OCC)cc2c2cc(-c3c(C)cc(C)cc3C)c3ccccc3c21. The van der Waals surface area contributed by atoms with Crippen molar-refractivity contribution in [3.63, 3.8) is 0 Å². The van der Waals surface area contributed by atoms with Crippen molar-refractivity contribution in [2.24, 2.45) is 5.92 Å². The number of fused-ring (bicyclic) bond motifs is 5. The number of hydrogen-bond donors (Lipinski definition) is 0. The van der Waals surface area contributed by atoms with Gasteiger partial charge in [0.05, 0.1) is 17.7 Å². The first-order chi connectivity index (χ1) is 22.9. The van der Waals surface area contributed by atoms with Crippen LogP contribution in [0.5, 0.6) is 5.75 Å². The zero-order valence-corrected chi connectivity index (χ0v) is 28.8. The number of hydrogen-bond acceptors (Lipinski definition) is 3. The first kappa shape index (κ1) is 33.7. The third-order valence-corrected chi connectivity index (χ3v) is 9.49.